The third-order valence-electron chi connectivity index (χ3n) is 4.35. The molecule has 1 aromatic heterocycles. The summed E-state index contributed by atoms with van der Waals surface area (Å²) in [7, 11) is 0. The highest BCUT2D eigenvalue weighted by Gasteiger charge is 2.21. The van der Waals surface area contributed by atoms with Gasteiger partial charge in [-0.2, -0.15) is 5.26 Å². The van der Waals surface area contributed by atoms with Crippen molar-refractivity contribution in [3.63, 3.8) is 0 Å². The van der Waals surface area contributed by atoms with E-state index in [1.165, 1.54) is 28.3 Å². The van der Waals surface area contributed by atoms with Gasteiger partial charge in [-0.25, -0.2) is 0 Å². The molecule has 2 aromatic rings. The number of carbonyl (C=O) groups excluding carboxylic acids is 2. The van der Waals surface area contributed by atoms with Crippen LogP contribution in [-0.4, -0.2) is 18.4 Å². The Labute approximate surface area is 165 Å². The van der Waals surface area contributed by atoms with Gasteiger partial charge >= 0.3 is 0 Å². The van der Waals surface area contributed by atoms with Crippen LogP contribution in [0.15, 0.2) is 18.2 Å². The van der Waals surface area contributed by atoms with E-state index in [4.69, 9.17) is 22.1 Å². The second kappa shape index (κ2) is 8.42. The lowest BCUT2D eigenvalue weighted by molar-refractivity contribution is -0.118. The molecule has 1 heterocycles. The number of halogens is 1. The molecule has 0 aliphatic heterocycles. The number of fused-ring (bicyclic) bond motifs is 1. The molecule has 6 nitrogen and oxygen atoms in total. The van der Waals surface area contributed by atoms with Gasteiger partial charge in [-0.3, -0.25) is 9.59 Å². The molecule has 0 fully saturated rings. The van der Waals surface area contributed by atoms with Crippen molar-refractivity contribution in [1.29, 1.82) is 5.26 Å². The van der Waals surface area contributed by atoms with Gasteiger partial charge in [0.15, 0.2) is 6.61 Å². The van der Waals surface area contributed by atoms with Gasteiger partial charge in [-0.05, 0) is 49.4 Å². The average molecular weight is 404 g/mol. The van der Waals surface area contributed by atoms with Crippen LogP contribution in [-0.2, 0) is 17.6 Å². The Morgan fingerprint density at radius 2 is 2.07 bits per heavy atom. The number of amides is 2. The molecule has 1 aliphatic carbocycles. The Kier molecular flexibility index (Phi) is 5.99. The number of nitrogens with zero attached hydrogens (tertiary/aromatic N) is 1. The summed E-state index contributed by atoms with van der Waals surface area (Å²) in [6, 6.07) is 6.65. The molecule has 0 spiro atoms. The van der Waals surface area contributed by atoms with E-state index >= 15 is 0 Å². The molecule has 3 rings (SSSR count). The summed E-state index contributed by atoms with van der Waals surface area (Å²) in [6.45, 7) is -0.310. The van der Waals surface area contributed by atoms with E-state index < -0.39 is 11.8 Å². The lowest BCUT2D eigenvalue weighted by Gasteiger charge is -2.10. The number of primary amides is 1. The normalized spacial score (nSPS) is 13.2. The molecule has 0 saturated heterocycles. The molecular weight excluding hydrogens is 386 g/mol. The second-order valence-corrected chi connectivity index (χ2v) is 7.76. The van der Waals surface area contributed by atoms with Crippen LogP contribution in [0, 0.1) is 11.3 Å². The number of rotatable bonds is 5. The Morgan fingerprint density at radius 3 is 2.81 bits per heavy atom. The van der Waals surface area contributed by atoms with Crippen molar-refractivity contribution in [2.24, 2.45) is 5.73 Å². The molecule has 3 N–H and O–H groups in total. The van der Waals surface area contributed by atoms with Crippen molar-refractivity contribution in [2.45, 2.75) is 32.1 Å². The Hall–Kier alpha value is -2.56. The summed E-state index contributed by atoms with van der Waals surface area (Å²) in [5.74, 6) is -0.917. The van der Waals surface area contributed by atoms with E-state index in [9.17, 15) is 14.9 Å². The molecule has 0 saturated carbocycles. The molecule has 140 valence electrons. The highest BCUT2D eigenvalue weighted by molar-refractivity contribution is 7.16. The number of nitriles is 1. The van der Waals surface area contributed by atoms with Crippen LogP contribution in [0.25, 0.3) is 0 Å². The molecule has 1 aromatic carbocycles. The predicted molar refractivity (Wildman–Crippen MR) is 104 cm³/mol. The van der Waals surface area contributed by atoms with E-state index in [0.717, 1.165) is 37.7 Å². The van der Waals surface area contributed by atoms with Crippen LogP contribution in [0.4, 0.5) is 5.00 Å². The van der Waals surface area contributed by atoms with Gasteiger partial charge < -0.3 is 15.8 Å². The van der Waals surface area contributed by atoms with Crippen LogP contribution < -0.4 is 15.8 Å². The SMILES string of the molecule is N#Cc1c(NC(=O)COc2ccc(Cl)cc2C(N)=O)sc2c1CCCCC2. The third kappa shape index (κ3) is 4.41. The highest BCUT2D eigenvalue weighted by atomic mass is 35.5. The van der Waals surface area contributed by atoms with Gasteiger partial charge in [0.2, 0.25) is 0 Å². The number of hydrogen-bond donors (Lipinski definition) is 2. The summed E-state index contributed by atoms with van der Waals surface area (Å²) in [5.41, 5.74) is 7.03. The first kappa shape index (κ1) is 19.2. The molecule has 0 bridgehead atoms. The summed E-state index contributed by atoms with van der Waals surface area (Å²) < 4.78 is 5.43. The van der Waals surface area contributed by atoms with Gasteiger partial charge in [0.05, 0.1) is 11.1 Å². The van der Waals surface area contributed by atoms with Crippen LogP contribution in [0.2, 0.25) is 5.02 Å². The van der Waals surface area contributed by atoms with E-state index in [0.29, 0.717) is 15.6 Å². The fourth-order valence-corrected chi connectivity index (χ4v) is 4.50. The molecule has 0 radical (unpaired) electrons. The topological polar surface area (TPSA) is 105 Å². The smallest absolute Gasteiger partial charge is 0.262 e. The van der Waals surface area contributed by atoms with E-state index in [2.05, 4.69) is 11.4 Å². The maximum absolute atomic E-state index is 12.3. The van der Waals surface area contributed by atoms with E-state index in [1.807, 2.05) is 0 Å². The summed E-state index contributed by atoms with van der Waals surface area (Å²) in [4.78, 5) is 25.0. The Bertz CT molecular complexity index is 933. The molecular formula is C19H18ClN3O3S. The first-order valence-electron chi connectivity index (χ1n) is 8.56. The van der Waals surface area contributed by atoms with Crippen molar-refractivity contribution >= 4 is 39.8 Å². The number of ether oxygens (including phenoxy) is 1. The van der Waals surface area contributed by atoms with Gasteiger partial charge in [0, 0.05) is 9.90 Å². The maximum atomic E-state index is 12.3. The number of hydrogen-bond acceptors (Lipinski definition) is 5. The number of anilines is 1. The Balaban J connectivity index is 1.71. The quantitative estimate of drug-likeness (QED) is 0.743. The number of carbonyl (C=O) groups is 2. The van der Waals surface area contributed by atoms with Gasteiger partial charge in [-0.1, -0.05) is 18.0 Å². The summed E-state index contributed by atoms with van der Waals surface area (Å²) in [6.07, 6.45) is 5.12. The predicted octanol–water partition coefficient (Wildman–Crippen LogP) is 3.66. The van der Waals surface area contributed by atoms with Gasteiger partial charge in [-0.15, -0.1) is 11.3 Å². The lowest BCUT2D eigenvalue weighted by atomic mass is 10.1. The lowest BCUT2D eigenvalue weighted by Crippen LogP contribution is -2.21. The first-order valence-corrected chi connectivity index (χ1v) is 9.75. The van der Waals surface area contributed by atoms with Crippen molar-refractivity contribution in [2.75, 3.05) is 11.9 Å². The minimum absolute atomic E-state index is 0.107. The van der Waals surface area contributed by atoms with Gasteiger partial charge in [0.1, 0.15) is 16.8 Å². The molecule has 0 atom stereocenters. The number of nitrogens with one attached hydrogen (secondary N) is 1. The molecule has 8 heteroatoms. The summed E-state index contributed by atoms with van der Waals surface area (Å²) >= 11 is 7.31. The second-order valence-electron chi connectivity index (χ2n) is 6.22. The standard InChI is InChI=1S/C19H18ClN3O3S/c20-11-6-7-15(13(8-11)18(22)25)26-10-17(24)23-19-14(9-21)12-4-2-1-3-5-16(12)27-19/h6-8H,1-5,10H2,(H2,22,25)(H,23,24). The molecule has 1 aliphatic rings. The van der Waals surface area contributed by atoms with Gasteiger partial charge in [0.25, 0.3) is 11.8 Å². The Morgan fingerprint density at radius 1 is 1.30 bits per heavy atom. The van der Waals surface area contributed by atoms with Crippen molar-refractivity contribution in [3.8, 4) is 11.8 Å². The number of thiophene rings is 1. The number of benzene rings is 1. The largest absolute Gasteiger partial charge is 0.483 e. The van der Waals surface area contributed by atoms with Crippen molar-refractivity contribution < 1.29 is 14.3 Å². The zero-order valence-corrected chi connectivity index (χ0v) is 16.1. The average Bonchev–Trinajstić information content (AvgIpc) is 2.80. The zero-order chi connectivity index (χ0) is 19.4. The number of nitrogens with two attached hydrogens (primary N) is 1. The van der Waals surface area contributed by atoms with E-state index in [-0.39, 0.29) is 17.9 Å². The maximum Gasteiger partial charge on any atom is 0.262 e. The minimum atomic E-state index is -0.693. The minimum Gasteiger partial charge on any atom is -0.483 e. The number of aryl methyl sites for hydroxylation is 1. The fourth-order valence-electron chi connectivity index (χ4n) is 3.08. The van der Waals surface area contributed by atoms with Crippen molar-refractivity contribution in [1.82, 2.24) is 0 Å². The zero-order valence-electron chi connectivity index (χ0n) is 14.5. The van der Waals surface area contributed by atoms with Crippen LogP contribution in [0.3, 0.4) is 0 Å². The van der Waals surface area contributed by atoms with Crippen LogP contribution in [0.1, 0.15) is 45.6 Å². The van der Waals surface area contributed by atoms with Crippen molar-refractivity contribution in [3.05, 3.63) is 44.8 Å². The third-order valence-corrected chi connectivity index (χ3v) is 5.79. The van der Waals surface area contributed by atoms with Crippen LogP contribution >= 0.6 is 22.9 Å². The van der Waals surface area contributed by atoms with E-state index in [1.54, 1.807) is 6.07 Å². The molecule has 0 unspecified atom stereocenters. The molecule has 27 heavy (non-hydrogen) atoms. The fraction of sp³-hybridized carbons (Fsp3) is 0.316. The summed E-state index contributed by atoms with van der Waals surface area (Å²) in [5, 5.41) is 13.2. The van der Waals surface area contributed by atoms with Crippen LogP contribution in [0.5, 0.6) is 5.75 Å². The highest BCUT2D eigenvalue weighted by Crippen LogP contribution is 2.37. The first-order chi connectivity index (χ1) is 13.0. The monoisotopic (exact) mass is 403 g/mol. The molecule has 2 amide bonds.